The van der Waals surface area contributed by atoms with E-state index in [0.717, 1.165) is 19.5 Å². The van der Waals surface area contributed by atoms with Crippen LogP contribution in [0.1, 0.15) is 12.8 Å². The summed E-state index contributed by atoms with van der Waals surface area (Å²) in [6.07, 6.45) is 3.24. The largest absolute Gasteiger partial charge is 0.495 e. The van der Waals surface area contributed by atoms with Crippen LogP contribution in [0.5, 0.6) is 5.75 Å². The highest BCUT2D eigenvalue weighted by Crippen LogP contribution is 2.35. The minimum absolute atomic E-state index is 0. The van der Waals surface area contributed by atoms with Crippen molar-refractivity contribution in [3.05, 3.63) is 34.9 Å². The second-order valence-corrected chi connectivity index (χ2v) is 6.69. The zero-order valence-electron chi connectivity index (χ0n) is 14.6. The number of nitrogens with zero attached hydrogens (tertiary/aromatic N) is 1. The average molecular weight is 400 g/mol. The van der Waals surface area contributed by atoms with E-state index in [1.165, 1.54) is 5.57 Å². The first-order valence-corrected chi connectivity index (χ1v) is 8.76. The van der Waals surface area contributed by atoms with Crippen molar-refractivity contribution < 1.29 is 14.3 Å². The van der Waals surface area contributed by atoms with E-state index >= 15 is 0 Å². The highest BCUT2D eigenvalue weighted by atomic mass is 35.5. The molecule has 0 aromatic heterocycles. The van der Waals surface area contributed by atoms with Gasteiger partial charge in [0.25, 0.3) is 0 Å². The van der Waals surface area contributed by atoms with Crippen LogP contribution >= 0.6 is 24.0 Å². The molecule has 8 heteroatoms. The minimum Gasteiger partial charge on any atom is -0.495 e. The quantitative estimate of drug-likeness (QED) is 0.744. The number of nitrogens with one attached hydrogen (secondary N) is 2. The fraction of sp³-hybridized carbons (Fsp3) is 0.444. The first kappa shape index (κ1) is 20.6. The summed E-state index contributed by atoms with van der Waals surface area (Å²) in [7, 11) is 1.55. The van der Waals surface area contributed by atoms with Gasteiger partial charge in [-0.3, -0.25) is 9.59 Å². The monoisotopic (exact) mass is 399 g/mol. The van der Waals surface area contributed by atoms with E-state index in [2.05, 4.69) is 16.7 Å². The van der Waals surface area contributed by atoms with Gasteiger partial charge in [0.2, 0.25) is 11.8 Å². The number of amides is 2. The summed E-state index contributed by atoms with van der Waals surface area (Å²) in [6, 6.07) is 5.13. The molecule has 0 bridgehead atoms. The van der Waals surface area contributed by atoms with E-state index < -0.39 is 0 Å². The molecule has 2 aliphatic rings. The molecule has 1 aromatic rings. The van der Waals surface area contributed by atoms with E-state index in [0.29, 0.717) is 29.5 Å². The number of benzene rings is 1. The normalized spacial score (nSPS) is 19.6. The summed E-state index contributed by atoms with van der Waals surface area (Å²) in [4.78, 5) is 26.4. The molecular weight excluding hydrogens is 377 g/mol. The Balaban J connectivity index is 0.00000243. The molecular formula is C18H23Cl2N3O3. The molecule has 2 amide bonds. The number of hydrogen-bond acceptors (Lipinski definition) is 4. The van der Waals surface area contributed by atoms with Gasteiger partial charge in [-0.1, -0.05) is 23.3 Å². The number of ether oxygens (including phenoxy) is 1. The molecule has 3 rings (SSSR count). The van der Waals surface area contributed by atoms with Crippen LogP contribution in [0.25, 0.3) is 0 Å². The van der Waals surface area contributed by atoms with Crippen LogP contribution in [0.2, 0.25) is 5.02 Å². The predicted octanol–water partition coefficient (Wildman–Crippen LogP) is 2.16. The lowest BCUT2D eigenvalue weighted by molar-refractivity contribution is -0.126. The Morgan fingerprint density at radius 2 is 2.27 bits per heavy atom. The number of methoxy groups -OCH3 is 1. The van der Waals surface area contributed by atoms with Gasteiger partial charge in [0.1, 0.15) is 5.75 Å². The summed E-state index contributed by atoms with van der Waals surface area (Å²) in [5.74, 6) is 0.0234. The third kappa shape index (κ3) is 4.69. The molecule has 6 nitrogen and oxygen atoms in total. The van der Waals surface area contributed by atoms with Crippen LogP contribution in [-0.4, -0.2) is 45.1 Å². The van der Waals surface area contributed by atoms with E-state index in [1.807, 2.05) is 0 Å². The number of hydrogen-bond donors (Lipinski definition) is 2. The molecule has 0 aliphatic carbocycles. The molecule has 142 valence electrons. The second-order valence-electron chi connectivity index (χ2n) is 6.26. The predicted molar refractivity (Wildman–Crippen MR) is 104 cm³/mol. The van der Waals surface area contributed by atoms with E-state index in [9.17, 15) is 9.59 Å². The summed E-state index contributed by atoms with van der Waals surface area (Å²) >= 11 is 6.05. The first-order valence-electron chi connectivity index (χ1n) is 8.38. The van der Waals surface area contributed by atoms with Crippen LogP contribution < -0.4 is 20.3 Å². The summed E-state index contributed by atoms with van der Waals surface area (Å²) in [5.41, 5.74) is 1.83. The molecule has 0 spiro atoms. The van der Waals surface area contributed by atoms with E-state index in [-0.39, 0.29) is 36.6 Å². The Bertz CT molecular complexity index is 709. The lowest BCUT2D eigenvalue weighted by atomic mass is 10.1. The summed E-state index contributed by atoms with van der Waals surface area (Å²) in [6.45, 7) is 2.66. The maximum atomic E-state index is 12.4. The van der Waals surface area contributed by atoms with Crippen molar-refractivity contribution in [2.24, 2.45) is 5.92 Å². The molecule has 1 aromatic carbocycles. The van der Waals surface area contributed by atoms with Gasteiger partial charge >= 0.3 is 0 Å². The minimum atomic E-state index is -0.362. The zero-order chi connectivity index (χ0) is 17.8. The number of anilines is 1. The van der Waals surface area contributed by atoms with Gasteiger partial charge in [-0.25, -0.2) is 0 Å². The highest BCUT2D eigenvalue weighted by molar-refractivity contribution is 6.31. The van der Waals surface area contributed by atoms with Crippen LogP contribution in [0.3, 0.4) is 0 Å². The topological polar surface area (TPSA) is 70.7 Å². The standard InChI is InChI=1S/C18H22ClN3O3.ClH/c1-25-16-3-2-14(19)9-15(16)22-11-13(8-17(22)23)18(24)21-10-12-4-6-20-7-5-12;/h2-4,9,13,20H,5-8,10-11H2,1H3,(H,21,24);1H. The highest BCUT2D eigenvalue weighted by Gasteiger charge is 2.36. The summed E-state index contributed by atoms with van der Waals surface area (Å²) in [5, 5.41) is 6.72. The van der Waals surface area contributed by atoms with Gasteiger partial charge in [-0.15, -0.1) is 12.4 Å². The molecule has 0 radical (unpaired) electrons. The Hall–Kier alpha value is -1.76. The van der Waals surface area contributed by atoms with Gasteiger partial charge in [-0.2, -0.15) is 0 Å². The van der Waals surface area contributed by atoms with Crippen LogP contribution in [0, 0.1) is 5.92 Å². The van der Waals surface area contributed by atoms with Crippen molar-refractivity contribution in [2.75, 3.05) is 38.2 Å². The van der Waals surface area contributed by atoms with Gasteiger partial charge in [-0.05, 0) is 31.2 Å². The molecule has 1 unspecified atom stereocenters. The zero-order valence-corrected chi connectivity index (χ0v) is 16.2. The fourth-order valence-corrected chi connectivity index (χ4v) is 3.33. The smallest absolute Gasteiger partial charge is 0.227 e. The van der Waals surface area contributed by atoms with Crippen molar-refractivity contribution in [2.45, 2.75) is 12.8 Å². The number of carbonyl (C=O) groups excluding carboxylic acids is 2. The third-order valence-electron chi connectivity index (χ3n) is 4.58. The maximum absolute atomic E-state index is 12.4. The van der Waals surface area contributed by atoms with Crippen molar-refractivity contribution in [1.82, 2.24) is 10.6 Å². The lowest BCUT2D eigenvalue weighted by Crippen LogP contribution is -2.35. The fourth-order valence-electron chi connectivity index (χ4n) is 3.17. The maximum Gasteiger partial charge on any atom is 0.227 e. The lowest BCUT2D eigenvalue weighted by Gasteiger charge is -2.20. The molecule has 2 aliphatic heterocycles. The van der Waals surface area contributed by atoms with E-state index in [4.69, 9.17) is 16.3 Å². The van der Waals surface area contributed by atoms with Gasteiger partial charge < -0.3 is 20.3 Å². The third-order valence-corrected chi connectivity index (χ3v) is 4.81. The number of halogens is 2. The molecule has 2 heterocycles. The van der Waals surface area contributed by atoms with Gasteiger partial charge in [0.05, 0.1) is 18.7 Å². The first-order chi connectivity index (χ1) is 12.1. The van der Waals surface area contributed by atoms with Crippen molar-refractivity contribution in [1.29, 1.82) is 0 Å². The van der Waals surface area contributed by atoms with Gasteiger partial charge in [0.15, 0.2) is 0 Å². The van der Waals surface area contributed by atoms with Crippen LogP contribution in [0.15, 0.2) is 29.8 Å². The van der Waals surface area contributed by atoms with E-state index in [1.54, 1.807) is 30.2 Å². The molecule has 26 heavy (non-hydrogen) atoms. The van der Waals surface area contributed by atoms with Crippen LogP contribution in [-0.2, 0) is 9.59 Å². The Morgan fingerprint density at radius 3 is 2.96 bits per heavy atom. The molecule has 0 saturated carbocycles. The van der Waals surface area contributed by atoms with Crippen LogP contribution in [0.4, 0.5) is 5.69 Å². The molecule has 2 N–H and O–H groups in total. The number of carbonyl (C=O) groups is 2. The molecule has 1 saturated heterocycles. The Kier molecular flexibility index (Phi) is 7.32. The Labute approximate surface area is 164 Å². The second kappa shape index (κ2) is 9.26. The van der Waals surface area contributed by atoms with Crippen molar-refractivity contribution in [3.63, 3.8) is 0 Å². The van der Waals surface area contributed by atoms with Crippen molar-refractivity contribution in [3.8, 4) is 5.75 Å². The van der Waals surface area contributed by atoms with Gasteiger partial charge in [0, 0.05) is 31.1 Å². The SMILES string of the molecule is COc1ccc(Cl)cc1N1CC(C(=O)NCC2=CCNCC2)CC1=O.Cl. The van der Waals surface area contributed by atoms with Crippen molar-refractivity contribution >= 4 is 41.5 Å². The summed E-state index contributed by atoms with van der Waals surface area (Å²) < 4.78 is 5.32. The molecule has 1 atom stereocenters. The number of rotatable bonds is 5. The average Bonchev–Trinajstić information content (AvgIpc) is 3.02. The Morgan fingerprint density at radius 1 is 1.46 bits per heavy atom. The molecule has 1 fully saturated rings.